The molecular weight excluding hydrogens is 278 g/mol. The highest BCUT2D eigenvalue weighted by Crippen LogP contribution is 2.14. The highest BCUT2D eigenvalue weighted by Gasteiger charge is 2.19. The van der Waals surface area contributed by atoms with Crippen molar-refractivity contribution in [3.8, 4) is 0 Å². The first-order valence-corrected chi connectivity index (χ1v) is 6.73. The highest BCUT2D eigenvalue weighted by molar-refractivity contribution is 5.94. The molecule has 1 amide bonds. The van der Waals surface area contributed by atoms with E-state index in [1.807, 2.05) is 7.05 Å². The van der Waals surface area contributed by atoms with Crippen LogP contribution in [0.4, 0.5) is 0 Å². The fourth-order valence-electron chi connectivity index (χ4n) is 2.28. The Hall–Kier alpha value is -1.17. The number of rotatable bonds is 4. The number of likely N-dealkylation sites (N-methyl/N-ethyl adjacent to an activating group) is 1. The number of carbonyl (C=O) groups excluding carboxylic acids is 1. The van der Waals surface area contributed by atoms with Crippen LogP contribution in [0.5, 0.6) is 0 Å². The first kappa shape index (κ1) is 16.9. The van der Waals surface area contributed by atoms with Gasteiger partial charge in [0.15, 0.2) is 0 Å². The summed E-state index contributed by atoms with van der Waals surface area (Å²) in [7, 11) is 1.81. The van der Waals surface area contributed by atoms with Gasteiger partial charge in [-0.3, -0.25) is 9.78 Å². The number of hydrogen-bond acceptors (Lipinski definition) is 4. The van der Waals surface area contributed by atoms with Gasteiger partial charge in [-0.2, -0.15) is 0 Å². The number of ether oxygens (including phenoxy) is 1. The maximum absolute atomic E-state index is 12.3. The zero-order valence-electron chi connectivity index (χ0n) is 11.7. The number of carbonyl (C=O) groups is 1. The summed E-state index contributed by atoms with van der Waals surface area (Å²) >= 11 is 0. The first-order chi connectivity index (χ1) is 9.20. The Kier molecular flexibility index (Phi) is 6.91. The maximum atomic E-state index is 12.3. The smallest absolute Gasteiger partial charge is 0.253 e. The molecule has 1 saturated heterocycles. The highest BCUT2D eigenvalue weighted by atomic mass is 35.5. The fraction of sp³-hybridized carbons (Fsp3) is 0.571. The molecule has 1 unspecified atom stereocenters. The maximum Gasteiger partial charge on any atom is 0.253 e. The number of pyridine rings is 1. The van der Waals surface area contributed by atoms with Crippen molar-refractivity contribution in [3.05, 3.63) is 29.6 Å². The van der Waals surface area contributed by atoms with E-state index < -0.39 is 0 Å². The summed E-state index contributed by atoms with van der Waals surface area (Å²) in [5.74, 6) is -0.00808. The van der Waals surface area contributed by atoms with Crippen molar-refractivity contribution >= 4 is 18.3 Å². The summed E-state index contributed by atoms with van der Waals surface area (Å²) in [5, 5.41) is 0. The lowest BCUT2D eigenvalue weighted by molar-refractivity contribution is -0.000190. The van der Waals surface area contributed by atoms with E-state index in [1.165, 1.54) is 6.42 Å². The molecule has 2 heterocycles. The van der Waals surface area contributed by atoms with E-state index in [2.05, 4.69) is 4.98 Å². The molecule has 1 fully saturated rings. The number of hydrogen-bond donors (Lipinski definition) is 1. The van der Waals surface area contributed by atoms with Crippen molar-refractivity contribution in [2.24, 2.45) is 5.73 Å². The van der Waals surface area contributed by atoms with Crippen LogP contribution in [0.15, 0.2) is 18.3 Å². The second-order valence-corrected chi connectivity index (χ2v) is 4.91. The summed E-state index contributed by atoms with van der Waals surface area (Å²) in [5.41, 5.74) is 6.90. The van der Waals surface area contributed by atoms with Crippen LogP contribution in [0.3, 0.4) is 0 Å². The normalized spacial score (nSPS) is 18.2. The summed E-state index contributed by atoms with van der Waals surface area (Å²) in [6.45, 7) is 1.79. The molecule has 0 spiro atoms. The van der Waals surface area contributed by atoms with Crippen molar-refractivity contribution in [2.45, 2.75) is 31.9 Å². The molecule has 0 radical (unpaired) electrons. The summed E-state index contributed by atoms with van der Waals surface area (Å²) in [6.07, 6.45) is 5.12. The molecule has 112 valence electrons. The summed E-state index contributed by atoms with van der Waals surface area (Å²) in [6, 6.07) is 3.47. The molecule has 0 saturated carbocycles. The van der Waals surface area contributed by atoms with Crippen LogP contribution in [0.25, 0.3) is 0 Å². The van der Waals surface area contributed by atoms with E-state index in [0.29, 0.717) is 18.7 Å². The first-order valence-electron chi connectivity index (χ1n) is 6.73. The zero-order chi connectivity index (χ0) is 13.7. The van der Waals surface area contributed by atoms with Crippen LogP contribution in [0, 0.1) is 0 Å². The SMILES string of the molecule is CN(CC1CCCCO1)C(=O)c1ccnc(CN)c1.Cl. The Morgan fingerprint density at radius 2 is 2.35 bits per heavy atom. The minimum absolute atomic E-state index is 0. The van der Waals surface area contributed by atoms with Gasteiger partial charge >= 0.3 is 0 Å². The van der Waals surface area contributed by atoms with Crippen LogP contribution >= 0.6 is 12.4 Å². The molecule has 1 atom stereocenters. The van der Waals surface area contributed by atoms with Crippen LogP contribution in [-0.4, -0.2) is 42.1 Å². The van der Waals surface area contributed by atoms with Gasteiger partial charge in [0, 0.05) is 38.5 Å². The third-order valence-corrected chi connectivity index (χ3v) is 3.37. The average molecular weight is 300 g/mol. The molecular formula is C14H22ClN3O2. The predicted molar refractivity (Wildman–Crippen MR) is 79.9 cm³/mol. The van der Waals surface area contributed by atoms with Crippen molar-refractivity contribution < 1.29 is 9.53 Å². The minimum Gasteiger partial charge on any atom is -0.376 e. The van der Waals surface area contributed by atoms with Gasteiger partial charge in [-0.1, -0.05) is 0 Å². The molecule has 20 heavy (non-hydrogen) atoms. The van der Waals surface area contributed by atoms with E-state index in [-0.39, 0.29) is 24.4 Å². The van der Waals surface area contributed by atoms with Crippen LogP contribution < -0.4 is 5.73 Å². The van der Waals surface area contributed by atoms with Gasteiger partial charge in [0.05, 0.1) is 11.8 Å². The monoisotopic (exact) mass is 299 g/mol. The topological polar surface area (TPSA) is 68.5 Å². The molecule has 1 aromatic heterocycles. The summed E-state index contributed by atoms with van der Waals surface area (Å²) in [4.78, 5) is 18.1. The quantitative estimate of drug-likeness (QED) is 0.917. The molecule has 1 aliphatic rings. The largest absolute Gasteiger partial charge is 0.376 e. The number of halogens is 1. The fourth-order valence-corrected chi connectivity index (χ4v) is 2.28. The van der Waals surface area contributed by atoms with Gasteiger partial charge in [-0.05, 0) is 31.4 Å². The molecule has 0 bridgehead atoms. The minimum atomic E-state index is -0.00808. The summed E-state index contributed by atoms with van der Waals surface area (Å²) < 4.78 is 5.65. The van der Waals surface area contributed by atoms with E-state index in [0.717, 1.165) is 25.1 Å². The van der Waals surface area contributed by atoms with Crippen LogP contribution in [0.2, 0.25) is 0 Å². The molecule has 0 aromatic carbocycles. The van der Waals surface area contributed by atoms with E-state index >= 15 is 0 Å². The Balaban J connectivity index is 0.00000200. The third-order valence-electron chi connectivity index (χ3n) is 3.37. The Morgan fingerprint density at radius 1 is 1.55 bits per heavy atom. The number of amides is 1. The molecule has 6 heteroatoms. The lowest BCUT2D eigenvalue weighted by Crippen LogP contribution is -2.37. The van der Waals surface area contributed by atoms with Gasteiger partial charge < -0.3 is 15.4 Å². The molecule has 1 aromatic rings. The van der Waals surface area contributed by atoms with Crippen LogP contribution in [-0.2, 0) is 11.3 Å². The van der Waals surface area contributed by atoms with Crippen molar-refractivity contribution in [1.29, 1.82) is 0 Å². The van der Waals surface area contributed by atoms with Gasteiger partial charge in [-0.15, -0.1) is 12.4 Å². The average Bonchev–Trinajstić information content (AvgIpc) is 2.47. The second kappa shape index (κ2) is 8.19. The molecule has 0 aliphatic carbocycles. The van der Waals surface area contributed by atoms with E-state index in [4.69, 9.17) is 10.5 Å². The van der Waals surface area contributed by atoms with Crippen molar-refractivity contribution in [1.82, 2.24) is 9.88 Å². The lowest BCUT2D eigenvalue weighted by Gasteiger charge is -2.27. The lowest BCUT2D eigenvalue weighted by atomic mass is 10.1. The molecule has 5 nitrogen and oxygen atoms in total. The van der Waals surface area contributed by atoms with Gasteiger partial charge in [0.1, 0.15) is 0 Å². The Bertz CT molecular complexity index is 436. The standard InChI is InChI=1S/C14H21N3O2.ClH/c1-17(10-13-4-2-3-7-19-13)14(18)11-5-6-16-12(8-11)9-15;/h5-6,8,13H,2-4,7,9-10,15H2,1H3;1H. The second-order valence-electron chi connectivity index (χ2n) is 4.91. The number of nitrogens with two attached hydrogens (primary N) is 1. The molecule has 1 aliphatic heterocycles. The molecule has 2 rings (SSSR count). The molecule has 2 N–H and O–H groups in total. The number of nitrogens with zero attached hydrogens (tertiary/aromatic N) is 2. The van der Waals surface area contributed by atoms with E-state index in [9.17, 15) is 4.79 Å². The van der Waals surface area contributed by atoms with Gasteiger partial charge in [-0.25, -0.2) is 0 Å². The van der Waals surface area contributed by atoms with Gasteiger partial charge in [0.2, 0.25) is 0 Å². The predicted octanol–water partition coefficient (Wildman–Crippen LogP) is 1.60. The van der Waals surface area contributed by atoms with E-state index in [1.54, 1.807) is 23.2 Å². The Labute approximate surface area is 125 Å². The van der Waals surface area contributed by atoms with Crippen molar-refractivity contribution in [2.75, 3.05) is 20.2 Å². The Morgan fingerprint density at radius 3 is 3.00 bits per heavy atom. The third kappa shape index (κ3) is 4.44. The van der Waals surface area contributed by atoms with Crippen molar-refractivity contribution in [3.63, 3.8) is 0 Å². The zero-order valence-corrected chi connectivity index (χ0v) is 12.6. The van der Waals surface area contributed by atoms with Gasteiger partial charge in [0.25, 0.3) is 5.91 Å². The number of aromatic nitrogens is 1. The van der Waals surface area contributed by atoms with Crippen LogP contribution in [0.1, 0.15) is 35.3 Å².